The van der Waals surface area contributed by atoms with Gasteiger partial charge in [0.25, 0.3) is 0 Å². The van der Waals surface area contributed by atoms with Crippen molar-refractivity contribution in [3.8, 4) is 0 Å². The smallest absolute Gasteiger partial charge is 0.102 e. The van der Waals surface area contributed by atoms with Gasteiger partial charge in [-0.3, -0.25) is 0 Å². The summed E-state index contributed by atoms with van der Waals surface area (Å²) in [6.45, 7) is 0. The van der Waals surface area contributed by atoms with E-state index in [1.54, 1.807) is 0 Å². The van der Waals surface area contributed by atoms with Crippen LogP contribution in [-0.4, -0.2) is 0 Å². The van der Waals surface area contributed by atoms with Gasteiger partial charge in [0.1, 0.15) is 31.8 Å². The standard InChI is InChI=1S/2C18H15P.C6H5.ClH.Pd/c2*1-4-10-16(11-5-1)19(17-12-6-2-7-13-17)18-14-8-3-9-15-18;1-2-4-6-5-3-1;;/h2*1-15H;1-5H;1H;/q;;-1;;+2/p+1. The van der Waals surface area contributed by atoms with Gasteiger partial charge >= 0.3 is 27.7 Å². The Kier molecular flexibility index (Phi) is 16.2. The van der Waals surface area contributed by atoms with Gasteiger partial charge in [-0.2, -0.15) is 36.4 Å². The molecular weight excluding hydrogens is 708 g/mol. The second kappa shape index (κ2) is 21.2. The monoisotopic (exact) mass is 744 g/mol. The zero-order valence-electron chi connectivity index (χ0n) is 25.4. The molecular formula is C42H37ClP2Pd+2. The number of benzene rings is 7. The molecule has 0 heterocycles. The van der Waals surface area contributed by atoms with Crippen molar-refractivity contribution in [2.75, 3.05) is 0 Å². The largest absolute Gasteiger partial charge is 0.184 e. The Morgan fingerprint density at radius 2 is 0.457 bits per heavy atom. The molecule has 0 aromatic heterocycles. The quantitative estimate of drug-likeness (QED) is 0.0911. The summed E-state index contributed by atoms with van der Waals surface area (Å²) in [6, 6.07) is 77.5. The Balaban J connectivity index is 0.000000169. The molecule has 7 rings (SSSR count). The van der Waals surface area contributed by atoms with Crippen molar-refractivity contribution in [1.82, 2.24) is 0 Å². The van der Waals surface area contributed by atoms with E-state index in [0.717, 1.165) is 0 Å². The number of hydrogen-bond donors (Lipinski definition) is 0. The summed E-state index contributed by atoms with van der Waals surface area (Å²) < 4.78 is 0. The Hall–Kier alpha value is -3.65. The summed E-state index contributed by atoms with van der Waals surface area (Å²) >= 11 is 2.22. The van der Waals surface area contributed by atoms with Gasteiger partial charge in [-0.25, -0.2) is 0 Å². The van der Waals surface area contributed by atoms with Crippen LogP contribution in [0.25, 0.3) is 0 Å². The molecule has 0 nitrogen and oxygen atoms in total. The minimum Gasteiger partial charge on any atom is -0.184 e. The van der Waals surface area contributed by atoms with E-state index in [1.165, 1.54) is 31.8 Å². The zero-order chi connectivity index (χ0) is 32.1. The first-order valence-electron chi connectivity index (χ1n) is 15.0. The Morgan fingerprint density at radius 3 is 0.587 bits per heavy atom. The third-order valence-electron chi connectivity index (χ3n) is 6.98. The molecule has 0 bridgehead atoms. The summed E-state index contributed by atoms with van der Waals surface area (Å²) in [7, 11) is 2.73. The minimum absolute atomic E-state index is 0.877. The Bertz CT molecular complexity index is 1390. The summed E-state index contributed by atoms with van der Waals surface area (Å²) in [5.41, 5.74) is 0. The van der Waals surface area contributed by atoms with Crippen LogP contribution in [0.3, 0.4) is 0 Å². The third-order valence-corrected chi connectivity index (χ3v) is 12.4. The van der Waals surface area contributed by atoms with Gasteiger partial charge in [0, 0.05) is 0 Å². The molecule has 0 aliphatic carbocycles. The fourth-order valence-corrected chi connectivity index (χ4v) is 10.1. The molecule has 230 valence electrons. The third kappa shape index (κ3) is 11.3. The molecule has 0 radical (unpaired) electrons. The fourth-order valence-electron chi connectivity index (χ4n) is 4.97. The van der Waals surface area contributed by atoms with Crippen LogP contribution < -0.4 is 31.8 Å². The van der Waals surface area contributed by atoms with Crippen molar-refractivity contribution in [2.24, 2.45) is 0 Å². The molecule has 0 atom stereocenters. The predicted molar refractivity (Wildman–Crippen MR) is 204 cm³/mol. The maximum Gasteiger partial charge on any atom is 0.102 e. The van der Waals surface area contributed by atoms with E-state index in [-0.39, 0.29) is 0 Å². The SMILES string of the molecule is [Cl][Pd+].[c-]1ccccc1.c1ccc([PH+](c2ccccc2)c2ccccc2)cc1.c1ccc([PH+](c2ccccc2)c2ccccc2)cc1. The Labute approximate surface area is 292 Å². The second-order valence-corrected chi connectivity index (χ2v) is 15.0. The van der Waals surface area contributed by atoms with E-state index in [1.807, 2.05) is 30.3 Å². The summed E-state index contributed by atoms with van der Waals surface area (Å²) in [5.74, 6) is 0. The number of rotatable bonds is 6. The number of hydrogen-bond acceptors (Lipinski definition) is 0. The van der Waals surface area contributed by atoms with Crippen molar-refractivity contribution in [2.45, 2.75) is 0 Å². The van der Waals surface area contributed by atoms with Gasteiger partial charge < -0.3 is 0 Å². The van der Waals surface area contributed by atoms with E-state index >= 15 is 0 Å². The first-order valence-corrected chi connectivity index (χ1v) is 20.0. The van der Waals surface area contributed by atoms with Crippen LogP contribution in [0.1, 0.15) is 0 Å². The van der Waals surface area contributed by atoms with Crippen molar-refractivity contribution in [1.29, 1.82) is 0 Å². The molecule has 0 unspecified atom stereocenters. The maximum absolute atomic E-state index is 4.49. The molecule has 0 N–H and O–H groups in total. The van der Waals surface area contributed by atoms with Gasteiger partial charge in [-0.1, -0.05) is 109 Å². The molecule has 46 heavy (non-hydrogen) atoms. The molecule has 0 amide bonds. The van der Waals surface area contributed by atoms with E-state index < -0.39 is 15.8 Å². The topological polar surface area (TPSA) is 0 Å². The second-order valence-electron chi connectivity index (χ2n) is 10.0. The predicted octanol–water partition coefficient (Wildman–Crippen LogP) is 8.53. The number of halogens is 1. The normalized spacial score (nSPS) is 9.93. The average Bonchev–Trinajstić information content (AvgIpc) is 3.17. The van der Waals surface area contributed by atoms with Gasteiger partial charge in [0.2, 0.25) is 0 Å². The van der Waals surface area contributed by atoms with Crippen molar-refractivity contribution < 1.29 is 18.2 Å². The van der Waals surface area contributed by atoms with Crippen LogP contribution in [0.5, 0.6) is 0 Å². The molecule has 4 heteroatoms. The molecule has 0 aliphatic rings. The molecule has 7 aromatic carbocycles. The van der Waals surface area contributed by atoms with Crippen LogP contribution in [0.2, 0.25) is 0 Å². The molecule has 0 fully saturated rings. The van der Waals surface area contributed by atoms with Crippen LogP contribution in [0.15, 0.2) is 212 Å². The van der Waals surface area contributed by atoms with E-state index in [2.05, 4.69) is 216 Å². The Morgan fingerprint density at radius 1 is 0.283 bits per heavy atom. The van der Waals surface area contributed by atoms with E-state index in [0.29, 0.717) is 0 Å². The molecule has 0 spiro atoms. The zero-order valence-corrected chi connectivity index (χ0v) is 29.7. The fraction of sp³-hybridized carbons (Fsp3) is 0. The van der Waals surface area contributed by atoms with Gasteiger partial charge in [0.05, 0.1) is 15.8 Å². The average molecular weight is 746 g/mol. The molecule has 0 saturated heterocycles. The van der Waals surface area contributed by atoms with Crippen LogP contribution in [-0.2, 0) is 18.2 Å². The van der Waals surface area contributed by atoms with E-state index in [4.69, 9.17) is 0 Å². The molecule has 0 saturated carbocycles. The van der Waals surface area contributed by atoms with Crippen molar-refractivity contribution in [3.63, 3.8) is 0 Å². The summed E-state index contributed by atoms with van der Waals surface area (Å²) in [4.78, 5) is 0. The van der Waals surface area contributed by atoms with Crippen molar-refractivity contribution >= 4 is 57.2 Å². The summed E-state index contributed by atoms with van der Waals surface area (Å²) in [6.07, 6.45) is 0. The minimum atomic E-state index is -0.877. The molecule has 0 aliphatic heterocycles. The van der Waals surface area contributed by atoms with Crippen molar-refractivity contribution in [3.05, 3.63) is 218 Å². The van der Waals surface area contributed by atoms with Gasteiger partial charge in [-0.05, 0) is 72.8 Å². The molecule has 7 aromatic rings. The van der Waals surface area contributed by atoms with Gasteiger partial charge in [-0.15, -0.1) is 0 Å². The van der Waals surface area contributed by atoms with Crippen LogP contribution >= 0.6 is 25.4 Å². The first-order chi connectivity index (χ1) is 22.9. The maximum atomic E-state index is 4.49. The van der Waals surface area contributed by atoms with Gasteiger partial charge in [0.15, 0.2) is 0 Å². The summed E-state index contributed by atoms with van der Waals surface area (Å²) in [5, 5.41) is 8.61. The van der Waals surface area contributed by atoms with E-state index in [9.17, 15) is 0 Å². The van der Waals surface area contributed by atoms with Crippen LogP contribution in [0, 0.1) is 6.07 Å². The van der Waals surface area contributed by atoms with Crippen LogP contribution in [0.4, 0.5) is 0 Å². The first kappa shape index (κ1) is 35.2.